The summed E-state index contributed by atoms with van der Waals surface area (Å²) in [6.45, 7) is 0.342. The quantitative estimate of drug-likeness (QED) is 0.276. The summed E-state index contributed by atoms with van der Waals surface area (Å²) in [5.41, 5.74) is 1.84. The van der Waals surface area contributed by atoms with Crippen LogP contribution in [0.25, 0.3) is 11.5 Å². The van der Waals surface area contributed by atoms with Crippen LogP contribution in [0.1, 0.15) is 11.1 Å². The highest BCUT2D eigenvalue weighted by molar-refractivity contribution is 7.98. The fourth-order valence-electron chi connectivity index (χ4n) is 3.22. The number of aromatic nitrogens is 2. The largest absolute Gasteiger partial charge is 0.493 e. The molecule has 0 saturated heterocycles. The molecule has 0 bridgehead atoms. The number of nitro benzene ring substituents is 1. The maximum absolute atomic E-state index is 11.3. The molecule has 0 unspecified atom stereocenters. The van der Waals surface area contributed by atoms with Gasteiger partial charge in [-0.15, -0.1) is 10.2 Å². The van der Waals surface area contributed by atoms with E-state index < -0.39 is 4.92 Å². The average molecular weight is 461 g/mol. The minimum absolute atomic E-state index is 0.0305. The van der Waals surface area contributed by atoms with E-state index >= 15 is 0 Å². The first-order chi connectivity index (χ1) is 15.5. The number of thioether (sulfide) groups is 1. The standard InChI is InChI=1S/C20H19N3O8S/c1-26-15-6-11(7-16(27-2)18(15)28-3)19-21-22-20(31-19)32-9-13-5-14(23(24)25)4-12-8-29-10-30-17(12)13/h4-7H,8-10H2,1-3H3. The molecule has 11 nitrogen and oxygen atoms in total. The second-order valence-corrected chi connectivity index (χ2v) is 7.46. The molecule has 0 saturated carbocycles. The minimum Gasteiger partial charge on any atom is -0.493 e. The van der Waals surface area contributed by atoms with Gasteiger partial charge in [-0.25, -0.2) is 0 Å². The number of rotatable bonds is 8. The molecule has 0 amide bonds. The van der Waals surface area contributed by atoms with Crippen molar-refractivity contribution < 1.29 is 33.0 Å². The Labute approximate surface area is 186 Å². The van der Waals surface area contributed by atoms with Crippen LogP contribution in [0.5, 0.6) is 23.0 Å². The Balaban J connectivity index is 1.58. The SMILES string of the molecule is COc1cc(-c2nnc(SCc3cc([N+](=O)[O-])cc4c3OCOC4)o2)cc(OC)c1OC. The van der Waals surface area contributed by atoms with Gasteiger partial charge < -0.3 is 28.1 Å². The number of nitro groups is 1. The lowest BCUT2D eigenvalue weighted by Crippen LogP contribution is -2.13. The predicted octanol–water partition coefficient (Wildman–Crippen LogP) is 3.83. The third kappa shape index (κ3) is 4.27. The molecule has 1 aliphatic rings. The van der Waals surface area contributed by atoms with Crippen LogP contribution in [0.2, 0.25) is 0 Å². The van der Waals surface area contributed by atoms with Crippen molar-refractivity contribution in [2.24, 2.45) is 0 Å². The van der Waals surface area contributed by atoms with E-state index in [0.29, 0.717) is 50.7 Å². The zero-order valence-electron chi connectivity index (χ0n) is 17.4. The van der Waals surface area contributed by atoms with Crippen molar-refractivity contribution in [3.8, 4) is 34.5 Å². The predicted molar refractivity (Wildman–Crippen MR) is 112 cm³/mol. The Hall–Kier alpha value is -3.51. The van der Waals surface area contributed by atoms with Crippen LogP contribution in [0.4, 0.5) is 5.69 Å². The van der Waals surface area contributed by atoms with Gasteiger partial charge in [-0.05, 0) is 12.1 Å². The molecule has 2 aromatic carbocycles. The summed E-state index contributed by atoms with van der Waals surface area (Å²) in [5, 5.41) is 19.7. The number of hydrogen-bond acceptors (Lipinski definition) is 11. The topological polar surface area (TPSA) is 128 Å². The number of methoxy groups -OCH3 is 3. The monoisotopic (exact) mass is 461 g/mol. The number of ether oxygens (including phenoxy) is 5. The lowest BCUT2D eigenvalue weighted by Gasteiger charge is -2.20. The van der Waals surface area contributed by atoms with Gasteiger partial charge in [-0.1, -0.05) is 11.8 Å². The van der Waals surface area contributed by atoms with Gasteiger partial charge in [-0.3, -0.25) is 10.1 Å². The van der Waals surface area contributed by atoms with E-state index in [0.717, 1.165) is 0 Å². The molecule has 32 heavy (non-hydrogen) atoms. The Bertz CT molecular complexity index is 1120. The highest BCUT2D eigenvalue weighted by Crippen LogP contribution is 2.41. The van der Waals surface area contributed by atoms with Crippen molar-refractivity contribution in [1.82, 2.24) is 10.2 Å². The first kappa shape index (κ1) is 21.7. The van der Waals surface area contributed by atoms with Gasteiger partial charge in [0.2, 0.25) is 11.6 Å². The van der Waals surface area contributed by atoms with Crippen molar-refractivity contribution in [2.75, 3.05) is 28.1 Å². The molecule has 0 spiro atoms. The summed E-state index contributed by atoms with van der Waals surface area (Å²) in [5.74, 6) is 2.54. The molecule has 0 radical (unpaired) electrons. The summed E-state index contributed by atoms with van der Waals surface area (Å²) >= 11 is 1.24. The highest BCUT2D eigenvalue weighted by Gasteiger charge is 2.22. The number of nitrogens with zero attached hydrogens (tertiary/aromatic N) is 3. The van der Waals surface area contributed by atoms with E-state index in [-0.39, 0.29) is 25.0 Å². The fraction of sp³-hybridized carbons (Fsp3) is 0.300. The Morgan fingerprint density at radius 2 is 1.84 bits per heavy atom. The van der Waals surface area contributed by atoms with E-state index in [1.54, 1.807) is 12.1 Å². The zero-order valence-corrected chi connectivity index (χ0v) is 18.3. The first-order valence-electron chi connectivity index (χ1n) is 9.31. The van der Waals surface area contributed by atoms with E-state index in [2.05, 4.69) is 10.2 Å². The maximum atomic E-state index is 11.3. The average Bonchev–Trinajstić information content (AvgIpc) is 3.30. The lowest BCUT2D eigenvalue weighted by atomic mass is 10.1. The number of fused-ring (bicyclic) bond motifs is 1. The van der Waals surface area contributed by atoms with Gasteiger partial charge >= 0.3 is 0 Å². The third-order valence-electron chi connectivity index (χ3n) is 4.65. The molecule has 1 aliphatic heterocycles. The number of hydrogen-bond donors (Lipinski definition) is 0. The second-order valence-electron chi connectivity index (χ2n) is 6.54. The van der Waals surface area contributed by atoms with Gasteiger partial charge in [0.05, 0.1) is 32.9 Å². The van der Waals surface area contributed by atoms with Crippen molar-refractivity contribution in [3.05, 3.63) is 45.5 Å². The van der Waals surface area contributed by atoms with Crippen LogP contribution in [0.15, 0.2) is 33.9 Å². The van der Waals surface area contributed by atoms with Crippen molar-refractivity contribution in [3.63, 3.8) is 0 Å². The maximum Gasteiger partial charge on any atom is 0.277 e. The van der Waals surface area contributed by atoms with Crippen LogP contribution in [-0.2, 0) is 17.1 Å². The molecule has 0 aliphatic carbocycles. The molecule has 1 aromatic heterocycles. The van der Waals surface area contributed by atoms with E-state index in [1.165, 1.54) is 45.2 Å². The first-order valence-corrected chi connectivity index (χ1v) is 10.3. The smallest absolute Gasteiger partial charge is 0.277 e. The molecule has 0 N–H and O–H groups in total. The molecule has 0 fully saturated rings. The molecule has 4 rings (SSSR count). The summed E-state index contributed by atoms with van der Waals surface area (Å²) in [6.07, 6.45) is 0. The highest BCUT2D eigenvalue weighted by atomic mass is 32.2. The van der Waals surface area contributed by atoms with Gasteiger partial charge in [-0.2, -0.15) is 0 Å². The molecule has 12 heteroatoms. The number of non-ortho nitro benzene ring substituents is 1. The molecule has 2 heterocycles. The van der Waals surface area contributed by atoms with E-state index in [9.17, 15) is 10.1 Å². The van der Waals surface area contributed by atoms with Crippen LogP contribution in [0.3, 0.4) is 0 Å². The van der Waals surface area contributed by atoms with Gasteiger partial charge in [0, 0.05) is 34.6 Å². The Morgan fingerprint density at radius 1 is 1.09 bits per heavy atom. The van der Waals surface area contributed by atoms with Crippen LogP contribution >= 0.6 is 11.8 Å². The fourth-order valence-corrected chi connectivity index (χ4v) is 3.95. The van der Waals surface area contributed by atoms with Crippen molar-refractivity contribution in [1.29, 1.82) is 0 Å². The normalized spacial score (nSPS) is 12.6. The number of benzene rings is 2. The Morgan fingerprint density at radius 3 is 2.50 bits per heavy atom. The van der Waals surface area contributed by atoms with E-state index in [1.807, 2.05) is 0 Å². The van der Waals surface area contributed by atoms with E-state index in [4.69, 9.17) is 28.1 Å². The summed E-state index contributed by atoms with van der Waals surface area (Å²) in [4.78, 5) is 10.8. The van der Waals surface area contributed by atoms with Crippen LogP contribution in [0, 0.1) is 10.1 Å². The van der Waals surface area contributed by atoms with Gasteiger partial charge in [0.15, 0.2) is 18.3 Å². The van der Waals surface area contributed by atoms with Gasteiger partial charge in [0.1, 0.15) is 5.75 Å². The second kappa shape index (κ2) is 9.32. The molecular formula is C20H19N3O8S. The Kier molecular flexibility index (Phi) is 6.32. The summed E-state index contributed by atoms with van der Waals surface area (Å²) in [7, 11) is 4.55. The van der Waals surface area contributed by atoms with Crippen molar-refractivity contribution >= 4 is 17.4 Å². The molecular weight excluding hydrogens is 442 g/mol. The van der Waals surface area contributed by atoms with Crippen LogP contribution in [-0.4, -0.2) is 43.2 Å². The van der Waals surface area contributed by atoms with Crippen molar-refractivity contribution in [2.45, 2.75) is 17.6 Å². The third-order valence-corrected chi connectivity index (χ3v) is 5.52. The molecule has 3 aromatic rings. The summed E-state index contributed by atoms with van der Waals surface area (Å²) in [6, 6.07) is 6.34. The molecule has 0 atom stereocenters. The van der Waals surface area contributed by atoms with Crippen LogP contribution < -0.4 is 18.9 Å². The van der Waals surface area contributed by atoms with Gasteiger partial charge in [0.25, 0.3) is 10.9 Å². The minimum atomic E-state index is -0.446. The zero-order chi connectivity index (χ0) is 22.7. The summed E-state index contributed by atoms with van der Waals surface area (Å²) < 4.78 is 32.6. The lowest BCUT2D eigenvalue weighted by molar-refractivity contribution is -0.385. The molecule has 168 valence electrons.